The maximum atomic E-state index is 10.7. The van der Waals surface area contributed by atoms with Gasteiger partial charge in [-0.05, 0) is 46.5 Å². The lowest BCUT2D eigenvalue weighted by atomic mass is 9.95. The van der Waals surface area contributed by atoms with E-state index in [1.807, 2.05) is 61.5 Å². The molecule has 0 heterocycles. The van der Waals surface area contributed by atoms with E-state index in [1.165, 1.54) is 0 Å². The van der Waals surface area contributed by atoms with Gasteiger partial charge in [0.1, 0.15) is 6.10 Å². The molecule has 21 heavy (non-hydrogen) atoms. The molecule has 1 nitrogen and oxygen atoms in total. The largest absolute Gasteiger partial charge is 0.384 e. The van der Waals surface area contributed by atoms with Crippen LogP contribution in [0.4, 0.5) is 0 Å². The third kappa shape index (κ3) is 2.71. The van der Waals surface area contributed by atoms with Crippen LogP contribution in [0, 0.1) is 6.92 Å². The van der Waals surface area contributed by atoms with Gasteiger partial charge in [-0.3, -0.25) is 0 Å². The summed E-state index contributed by atoms with van der Waals surface area (Å²) < 4.78 is 1.03. The van der Waals surface area contributed by atoms with E-state index in [-0.39, 0.29) is 0 Å². The van der Waals surface area contributed by atoms with Crippen molar-refractivity contribution in [1.82, 2.24) is 0 Å². The molecule has 0 aromatic heterocycles. The summed E-state index contributed by atoms with van der Waals surface area (Å²) in [5.74, 6) is 0. The summed E-state index contributed by atoms with van der Waals surface area (Å²) in [7, 11) is 0. The van der Waals surface area contributed by atoms with Gasteiger partial charge < -0.3 is 5.11 Å². The van der Waals surface area contributed by atoms with E-state index in [9.17, 15) is 5.11 Å². The van der Waals surface area contributed by atoms with Crippen molar-refractivity contribution in [2.24, 2.45) is 0 Å². The summed E-state index contributed by atoms with van der Waals surface area (Å²) in [6, 6.07) is 17.6. The highest BCUT2D eigenvalue weighted by molar-refractivity contribution is 9.10. The molecule has 3 aromatic carbocycles. The maximum Gasteiger partial charge on any atom is 0.105 e. The van der Waals surface area contributed by atoms with Crippen molar-refractivity contribution in [2.75, 3.05) is 0 Å². The lowest BCUT2D eigenvalue weighted by molar-refractivity contribution is 0.222. The second kappa shape index (κ2) is 5.80. The van der Waals surface area contributed by atoms with Crippen LogP contribution in [0.25, 0.3) is 10.8 Å². The minimum atomic E-state index is -0.668. The van der Waals surface area contributed by atoms with Gasteiger partial charge in [-0.25, -0.2) is 0 Å². The van der Waals surface area contributed by atoms with Crippen LogP contribution in [0.5, 0.6) is 0 Å². The van der Waals surface area contributed by atoms with E-state index in [0.29, 0.717) is 5.02 Å². The first kappa shape index (κ1) is 14.6. The highest BCUT2D eigenvalue weighted by atomic mass is 79.9. The van der Waals surface area contributed by atoms with E-state index in [4.69, 9.17) is 11.6 Å². The topological polar surface area (TPSA) is 20.2 Å². The lowest BCUT2D eigenvalue weighted by Crippen LogP contribution is -2.01. The quantitative estimate of drug-likeness (QED) is 0.625. The van der Waals surface area contributed by atoms with Crippen LogP contribution >= 0.6 is 27.5 Å². The second-order valence-corrected chi connectivity index (χ2v) is 6.35. The molecule has 0 fully saturated rings. The van der Waals surface area contributed by atoms with Crippen LogP contribution in [-0.2, 0) is 0 Å². The highest BCUT2D eigenvalue weighted by Crippen LogP contribution is 2.33. The minimum Gasteiger partial charge on any atom is -0.384 e. The maximum absolute atomic E-state index is 10.7. The molecular formula is C18H14BrClO. The van der Waals surface area contributed by atoms with Crippen molar-refractivity contribution in [1.29, 1.82) is 0 Å². The summed E-state index contributed by atoms with van der Waals surface area (Å²) >= 11 is 9.62. The molecule has 0 spiro atoms. The fraction of sp³-hybridized carbons (Fsp3) is 0.111. The molecule has 3 heteroatoms. The van der Waals surface area contributed by atoms with Gasteiger partial charge in [0.2, 0.25) is 0 Å². The van der Waals surface area contributed by atoms with Gasteiger partial charge in [0.05, 0.1) is 0 Å². The van der Waals surface area contributed by atoms with Crippen LogP contribution in [0.2, 0.25) is 5.02 Å². The number of aryl methyl sites for hydroxylation is 1. The number of fused-ring (bicyclic) bond motifs is 1. The Morgan fingerprint density at radius 1 is 1.00 bits per heavy atom. The summed E-state index contributed by atoms with van der Waals surface area (Å²) in [5.41, 5.74) is 2.72. The number of hydrogen-bond donors (Lipinski definition) is 1. The van der Waals surface area contributed by atoms with E-state index in [2.05, 4.69) is 15.9 Å². The zero-order valence-electron chi connectivity index (χ0n) is 11.5. The van der Waals surface area contributed by atoms with Crippen LogP contribution in [0.1, 0.15) is 22.8 Å². The molecule has 1 unspecified atom stereocenters. The smallest absolute Gasteiger partial charge is 0.105 e. The molecule has 0 bridgehead atoms. The average Bonchev–Trinajstić information content (AvgIpc) is 2.50. The number of rotatable bonds is 2. The molecule has 0 aliphatic rings. The monoisotopic (exact) mass is 360 g/mol. The van der Waals surface area contributed by atoms with E-state index in [0.717, 1.165) is 31.9 Å². The van der Waals surface area contributed by atoms with Crippen molar-refractivity contribution >= 4 is 38.3 Å². The first-order valence-electron chi connectivity index (χ1n) is 6.69. The third-order valence-corrected chi connectivity index (χ3v) is 4.81. The van der Waals surface area contributed by atoms with Crippen LogP contribution < -0.4 is 0 Å². The number of aliphatic hydroxyl groups is 1. The number of aliphatic hydroxyl groups excluding tert-OH is 1. The summed E-state index contributed by atoms with van der Waals surface area (Å²) in [4.78, 5) is 0. The van der Waals surface area contributed by atoms with Crippen LogP contribution in [0.3, 0.4) is 0 Å². The summed E-state index contributed by atoms with van der Waals surface area (Å²) in [6.45, 7) is 1.94. The van der Waals surface area contributed by atoms with Gasteiger partial charge in [-0.1, -0.05) is 70.0 Å². The molecule has 1 N–H and O–H groups in total. The molecule has 0 radical (unpaired) electrons. The fourth-order valence-electron chi connectivity index (χ4n) is 2.54. The minimum absolute atomic E-state index is 0.668. The predicted octanol–water partition coefficient (Wildman–Crippen LogP) is 5.65. The van der Waals surface area contributed by atoms with E-state index in [1.54, 1.807) is 0 Å². The average molecular weight is 362 g/mol. The molecule has 106 valence electrons. The molecule has 0 aliphatic carbocycles. The second-order valence-electron chi connectivity index (χ2n) is 5.09. The van der Waals surface area contributed by atoms with Gasteiger partial charge in [0.15, 0.2) is 0 Å². The Morgan fingerprint density at radius 3 is 2.43 bits per heavy atom. The fourth-order valence-corrected chi connectivity index (χ4v) is 3.14. The molecule has 0 saturated heterocycles. The molecular weight excluding hydrogens is 348 g/mol. The Morgan fingerprint density at radius 2 is 1.71 bits per heavy atom. The Balaban J connectivity index is 2.15. The Hall–Kier alpha value is -1.35. The molecule has 0 amide bonds. The first-order chi connectivity index (χ1) is 10.1. The van der Waals surface area contributed by atoms with Crippen molar-refractivity contribution in [3.05, 3.63) is 80.8 Å². The van der Waals surface area contributed by atoms with Gasteiger partial charge in [0, 0.05) is 9.50 Å². The SMILES string of the molecule is Cc1cc(C(O)c2ccc(Br)c3ccccc23)ccc1Cl. The molecule has 3 rings (SSSR count). The van der Waals surface area contributed by atoms with Crippen molar-refractivity contribution < 1.29 is 5.11 Å². The number of halogens is 2. The molecule has 1 atom stereocenters. The Labute approximate surface area is 137 Å². The van der Waals surface area contributed by atoms with Gasteiger partial charge in [0.25, 0.3) is 0 Å². The normalized spacial score (nSPS) is 12.6. The zero-order chi connectivity index (χ0) is 15.0. The molecule has 0 aliphatic heterocycles. The van der Waals surface area contributed by atoms with Gasteiger partial charge >= 0.3 is 0 Å². The van der Waals surface area contributed by atoms with Crippen molar-refractivity contribution in [3.63, 3.8) is 0 Å². The molecule has 0 saturated carbocycles. The predicted molar refractivity (Wildman–Crippen MR) is 91.9 cm³/mol. The van der Waals surface area contributed by atoms with E-state index >= 15 is 0 Å². The lowest BCUT2D eigenvalue weighted by Gasteiger charge is -2.16. The molecule has 3 aromatic rings. The summed E-state index contributed by atoms with van der Waals surface area (Å²) in [5, 5.41) is 13.6. The van der Waals surface area contributed by atoms with Gasteiger partial charge in [-0.15, -0.1) is 0 Å². The van der Waals surface area contributed by atoms with E-state index < -0.39 is 6.10 Å². The Bertz CT molecular complexity index is 813. The zero-order valence-corrected chi connectivity index (χ0v) is 13.8. The van der Waals surface area contributed by atoms with Crippen molar-refractivity contribution in [2.45, 2.75) is 13.0 Å². The third-order valence-electron chi connectivity index (χ3n) is 3.70. The van der Waals surface area contributed by atoms with Crippen LogP contribution in [0.15, 0.2) is 59.1 Å². The van der Waals surface area contributed by atoms with Crippen LogP contribution in [-0.4, -0.2) is 5.11 Å². The number of hydrogen-bond acceptors (Lipinski definition) is 1. The summed E-state index contributed by atoms with van der Waals surface area (Å²) in [6.07, 6.45) is -0.668. The van der Waals surface area contributed by atoms with Gasteiger partial charge in [-0.2, -0.15) is 0 Å². The van der Waals surface area contributed by atoms with Crippen molar-refractivity contribution in [3.8, 4) is 0 Å². The number of benzene rings is 3. The first-order valence-corrected chi connectivity index (χ1v) is 7.86. The Kier molecular flexibility index (Phi) is 4.03. The standard InChI is InChI=1S/C18H14BrClO/c1-11-10-12(6-9-17(11)20)18(21)15-7-8-16(19)14-5-3-2-4-13(14)15/h2-10,18,21H,1H3. The highest BCUT2D eigenvalue weighted by Gasteiger charge is 2.15.